The van der Waals surface area contributed by atoms with Gasteiger partial charge in [-0.1, -0.05) is 0 Å². The van der Waals surface area contributed by atoms with Gasteiger partial charge in [0, 0.05) is 5.69 Å². The van der Waals surface area contributed by atoms with Crippen LogP contribution in [0.15, 0.2) is 6.07 Å². The lowest BCUT2D eigenvalue weighted by Crippen LogP contribution is -2.17. The van der Waals surface area contributed by atoms with Gasteiger partial charge in [-0.05, 0) is 19.9 Å². The van der Waals surface area contributed by atoms with Crippen molar-refractivity contribution in [1.82, 2.24) is 9.97 Å². The zero-order valence-corrected chi connectivity index (χ0v) is 7.28. The molecule has 1 unspecified atom stereocenters. The van der Waals surface area contributed by atoms with E-state index in [1.165, 1.54) is 0 Å². The molecule has 0 aromatic carbocycles. The van der Waals surface area contributed by atoms with Gasteiger partial charge in [-0.3, -0.25) is 0 Å². The van der Waals surface area contributed by atoms with Gasteiger partial charge < -0.3 is 10.8 Å². The summed E-state index contributed by atoms with van der Waals surface area (Å²) in [4.78, 5) is 8.21. The molecule has 12 heavy (non-hydrogen) atoms. The summed E-state index contributed by atoms with van der Waals surface area (Å²) in [5, 5.41) is 8.78. The summed E-state index contributed by atoms with van der Waals surface area (Å²) in [6, 6.07) is 1.39. The molecular formula is C8H13N3O. The summed E-state index contributed by atoms with van der Waals surface area (Å²) in [6.07, 6.45) is 0. The Morgan fingerprint density at radius 3 is 2.67 bits per heavy atom. The van der Waals surface area contributed by atoms with Gasteiger partial charge in [0.15, 0.2) is 0 Å². The molecule has 0 aliphatic carbocycles. The van der Waals surface area contributed by atoms with E-state index in [1.54, 1.807) is 13.0 Å². The number of hydrogen-bond donors (Lipinski definition) is 2. The quantitative estimate of drug-likeness (QED) is 0.654. The number of aliphatic hydroxyl groups excluding tert-OH is 1. The van der Waals surface area contributed by atoms with Crippen molar-refractivity contribution in [2.75, 3.05) is 6.61 Å². The fourth-order valence-electron chi connectivity index (χ4n) is 1.03. The van der Waals surface area contributed by atoms with Crippen LogP contribution in [0.4, 0.5) is 0 Å². The number of aryl methyl sites for hydroxylation is 2. The van der Waals surface area contributed by atoms with Crippen LogP contribution in [0.25, 0.3) is 0 Å². The average Bonchev–Trinajstić information content (AvgIpc) is 2.01. The first-order chi connectivity index (χ1) is 5.63. The van der Waals surface area contributed by atoms with Crippen LogP contribution in [0, 0.1) is 13.8 Å². The number of nitrogens with two attached hydrogens (primary N) is 1. The fourth-order valence-corrected chi connectivity index (χ4v) is 1.03. The van der Waals surface area contributed by atoms with Gasteiger partial charge in [-0.15, -0.1) is 0 Å². The molecule has 0 radical (unpaired) electrons. The molecule has 0 amide bonds. The molecule has 0 aliphatic rings. The predicted molar refractivity (Wildman–Crippen MR) is 45.5 cm³/mol. The Morgan fingerprint density at radius 2 is 2.17 bits per heavy atom. The van der Waals surface area contributed by atoms with Crippen LogP contribution in [0.1, 0.15) is 23.3 Å². The van der Waals surface area contributed by atoms with Crippen molar-refractivity contribution in [1.29, 1.82) is 0 Å². The molecule has 0 spiro atoms. The largest absolute Gasteiger partial charge is 0.394 e. The predicted octanol–water partition coefficient (Wildman–Crippen LogP) is 0.0855. The van der Waals surface area contributed by atoms with E-state index < -0.39 is 6.04 Å². The van der Waals surface area contributed by atoms with Gasteiger partial charge in [-0.2, -0.15) is 0 Å². The lowest BCUT2D eigenvalue weighted by molar-refractivity contribution is 0.265. The second kappa shape index (κ2) is 3.60. The Bertz CT molecular complexity index is 255. The monoisotopic (exact) mass is 167 g/mol. The van der Waals surface area contributed by atoms with Crippen molar-refractivity contribution in [3.63, 3.8) is 0 Å². The van der Waals surface area contributed by atoms with Crippen molar-refractivity contribution >= 4 is 0 Å². The molecule has 0 saturated heterocycles. The van der Waals surface area contributed by atoms with Gasteiger partial charge in [0.2, 0.25) is 0 Å². The van der Waals surface area contributed by atoms with Gasteiger partial charge in [0.05, 0.1) is 18.3 Å². The number of nitrogens with zero attached hydrogens (tertiary/aromatic N) is 2. The van der Waals surface area contributed by atoms with Gasteiger partial charge in [-0.25, -0.2) is 9.97 Å². The molecule has 1 rings (SSSR count). The number of aliphatic hydroxyl groups is 1. The summed E-state index contributed by atoms with van der Waals surface area (Å²) in [5.41, 5.74) is 7.16. The van der Waals surface area contributed by atoms with Gasteiger partial charge in [0.1, 0.15) is 5.82 Å². The van der Waals surface area contributed by atoms with E-state index in [1.807, 2.05) is 6.92 Å². The fraction of sp³-hybridized carbons (Fsp3) is 0.500. The zero-order valence-electron chi connectivity index (χ0n) is 7.28. The van der Waals surface area contributed by atoms with Crippen LogP contribution >= 0.6 is 0 Å². The first kappa shape index (κ1) is 9.09. The number of aromatic nitrogens is 2. The standard InChI is InChI=1S/C8H13N3O/c1-5-3-8(7(9)4-12)11-6(2)10-5/h3,7,12H,4,9H2,1-2H3. The van der Waals surface area contributed by atoms with E-state index in [-0.39, 0.29) is 6.61 Å². The Balaban J connectivity index is 3.00. The van der Waals surface area contributed by atoms with Crippen molar-refractivity contribution in [3.8, 4) is 0 Å². The second-order valence-corrected chi connectivity index (χ2v) is 2.77. The van der Waals surface area contributed by atoms with E-state index in [4.69, 9.17) is 10.8 Å². The van der Waals surface area contributed by atoms with E-state index in [9.17, 15) is 0 Å². The SMILES string of the molecule is Cc1cc(C(N)CO)nc(C)n1. The van der Waals surface area contributed by atoms with Crippen LogP contribution in [-0.4, -0.2) is 21.7 Å². The summed E-state index contributed by atoms with van der Waals surface area (Å²) in [6.45, 7) is 3.60. The lowest BCUT2D eigenvalue weighted by atomic mass is 10.2. The number of rotatable bonds is 2. The molecule has 4 nitrogen and oxygen atoms in total. The Morgan fingerprint density at radius 1 is 1.50 bits per heavy atom. The minimum atomic E-state index is -0.398. The first-order valence-electron chi connectivity index (χ1n) is 3.82. The van der Waals surface area contributed by atoms with Crippen LogP contribution < -0.4 is 5.73 Å². The molecule has 3 N–H and O–H groups in total. The highest BCUT2D eigenvalue weighted by molar-refractivity contribution is 5.12. The molecule has 0 aliphatic heterocycles. The summed E-state index contributed by atoms with van der Waals surface area (Å²) in [5.74, 6) is 0.689. The molecule has 0 saturated carbocycles. The first-order valence-corrected chi connectivity index (χ1v) is 3.82. The maximum atomic E-state index is 8.78. The maximum absolute atomic E-state index is 8.78. The third kappa shape index (κ3) is 1.99. The van der Waals surface area contributed by atoms with Crippen LogP contribution in [0.2, 0.25) is 0 Å². The lowest BCUT2D eigenvalue weighted by Gasteiger charge is -2.08. The molecule has 1 aromatic rings. The minimum absolute atomic E-state index is 0.0874. The third-order valence-electron chi connectivity index (χ3n) is 1.56. The smallest absolute Gasteiger partial charge is 0.125 e. The summed E-state index contributed by atoms with van der Waals surface area (Å²) >= 11 is 0. The average molecular weight is 167 g/mol. The Labute approximate surface area is 71.5 Å². The number of hydrogen-bond acceptors (Lipinski definition) is 4. The molecule has 1 aromatic heterocycles. The summed E-state index contributed by atoms with van der Waals surface area (Å²) in [7, 11) is 0. The topological polar surface area (TPSA) is 72.0 Å². The van der Waals surface area contributed by atoms with E-state index in [0.29, 0.717) is 11.5 Å². The Kier molecular flexibility index (Phi) is 2.73. The van der Waals surface area contributed by atoms with Crippen LogP contribution in [-0.2, 0) is 0 Å². The molecule has 4 heteroatoms. The van der Waals surface area contributed by atoms with E-state index in [0.717, 1.165) is 5.69 Å². The molecular weight excluding hydrogens is 154 g/mol. The maximum Gasteiger partial charge on any atom is 0.125 e. The molecule has 1 atom stereocenters. The Hall–Kier alpha value is -1.00. The normalized spacial score (nSPS) is 13.0. The van der Waals surface area contributed by atoms with Crippen molar-refractivity contribution in [2.24, 2.45) is 5.73 Å². The van der Waals surface area contributed by atoms with E-state index >= 15 is 0 Å². The molecule has 0 fully saturated rings. The highest BCUT2D eigenvalue weighted by Gasteiger charge is 2.06. The molecule has 1 heterocycles. The van der Waals surface area contributed by atoms with Crippen molar-refractivity contribution in [3.05, 3.63) is 23.3 Å². The summed E-state index contributed by atoms with van der Waals surface area (Å²) < 4.78 is 0. The minimum Gasteiger partial charge on any atom is -0.394 e. The van der Waals surface area contributed by atoms with E-state index in [2.05, 4.69) is 9.97 Å². The third-order valence-corrected chi connectivity index (χ3v) is 1.56. The molecule has 66 valence electrons. The van der Waals surface area contributed by atoms with Crippen LogP contribution in [0.5, 0.6) is 0 Å². The zero-order chi connectivity index (χ0) is 9.14. The molecule has 0 bridgehead atoms. The van der Waals surface area contributed by atoms with Crippen molar-refractivity contribution < 1.29 is 5.11 Å². The van der Waals surface area contributed by atoms with Gasteiger partial charge in [0.25, 0.3) is 0 Å². The van der Waals surface area contributed by atoms with Gasteiger partial charge >= 0.3 is 0 Å². The second-order valence-electron chi connectivity index (χ2n) is 2.77. The van der Waals surface area contributed by atoms with Crippen LogP contribution in [0.3, 0.4) is 0 Å². The highest BCUT2D eigenvalue weighted by Crippen LogP contribution is 2.07. The van der Waals surface area contributed by atoms with Crippen molar-refractivity contribution in [2.45, 2.75) is 19.9 Å². The highest BCUT2D eigenvalue weighted by atomic mass is 16.3.